The molecule has 0 bridgehead atoms. The van der Waals surface area contributed by atoms with Crippen molar-refractivity contribution in [3.05, 3.63) is 65.5 Å². The minimum absolute atomic E-state index is 0.0301. The van der Waals surface area contributed by atoms with E-state index in [4.69, 9.17) is 0 Å². The molecule has 186 valence electrons. The number of pyridine rings is 1. The van der Waals surface area contributed by atoms with Crippen LogP contribution >= 0.6 is 0 Å². The van der Waals surface area contributed by atoms with Gasteiger partial charge in [0.25, 0.3) is 0 Å². The largest absolute Gasteiger partial charge is 0.726 e. The fourth-order valence-electron chi connectivity index (χ4n) is 3.59. The van der Waals surface area contributed by atoms with E-state index in [0.717, 1.165) is 12.8 Å². The number of unbranched alkanes of at least 4 members (excludes halogenated alkanes) is 9. The van der Waals surface area contributed by atoms with Crippen LogP contribution in [0.25, 0.3) is 0 Å². The Labute approximate surface area is 202 Å². The zero-order valence-electron chi connectivity index (χ0n) is 21.0. The summed E-state index contributed by atoms with van der Waals surface area (Å²) in [6.07, 6.45) is 16.1. The Morgan fingerprint density at radius 2 is 1.39 bits per heavy atom. The summed E-state index contributed by atoms with van der Waals surface area (Å²) >= 11 is 0. The van der Waals surface area contributed by atoms with Crippen LogP contribution in [0.5, 0.6) is 0 Å². The van der Waals surface area contributed by atoms with Gasteiger partial charge in [-0.3, -0.25) is 4.18 Å². The van der Waals surface area contributed by atoms with Gasteiger partial charge in [-0.15, -0.1) is 0 Å². The highest BCUT2D eigenvalue weighted by Gasteiger charge is 2.14. The molecule has 2 rings (SSSR count). The maximum absolute atomic E-state index is 10.1. The summed E-state index contributed by atoms with van der Waals surface area (Å²) in [6.45, 7) is 8.77. The van der Waals surface area contributed by atoms with E-state index >= 15 is 0 Å². The second kappa shape index (κ2) is 16.8. The molecular formula is C27H43NO4S. The van der Waals surface area contributed by atoms with Crippen LogP contribution in [0, 0.1) is 13.8 Å². The summed E-state index contributed by atoms with van der Waals surface area (Å²) in [5, 5.41) is 0. The molecule has 0 saturated carbocycles. The Hall–Kier alpha value is -1.76. The van der Waals surface area contributed by atoms with Crippen molar-refractivity contribution in [1.82, 2.24) is 0 Å². The van der Waals surface area contributed by atoms with E-state index in [-0.39, 0.29) is 6.61 Å². The average molecular weight is 478 g/mol. The van der Waals surface area contributed by atoms with Gasteiger partial charge in [0.05, 0.1) is 6.61 Å². The fraction of sp³-hybridized carbons (Fsp3) is 0.593. The predicted molar refractivity (Wildman–Crippen MR) is 134 cm³/mol. The Bertz CT molecular complexity index is 869. The molecule has 1 aromatic heterocycles. The monoisotopic (exact) mass is 477 g/mol. The van der Waals surface area contributed by atoms with Crippen LogP contribution < -0.4 is 4.57 Å². The molecule has 0 N–H and O–H groups in total. The van der Waals surface area contributed by atoms with E-state index in [1.54, 1.807) is 0 Å². The molecule has 0 aliphatic rings. The Morgan fingerprint density at radius 3 is 1.91 bits per heavy atom. The standard InChI is InChI=1S/C15H18N.C12H26O4S/c1-12-9-10-16(11-13(12)2)14(3)15-7-5-4-6-8-15;1-2-3-4-5-6-7-8-9-10-11-12-16-17(13,14)15/h4-11,14H,1-3H3;2-12H2,1H3,(H,13,14,15)/q+1;/p-1/t14-;/m1./s1. The Morgan fingerprint density at radius 1 is 0.848 bits per heavy atom. The number of hydrogen-bond acceptors (Lipinski definition) is 4. The van der Waals surface area contributed by atoms with Gasteiger partial charge in [0, 0.05) is 24.1 Å². The van der Waals surface area contributed by atoms with Crippen molar-refractivity contribution >= 4 is 10.4 Å². The minimum Gasteiger partial charge on any atom is -0.726 e. The van der Waals surface area contributed by atoms with E-state index in [1.165, 1.54) is 61.6 Å². The number of aromatic nitrogens is 1. The summed E-state index contributed by atoms with van der Waals surface area (Å²) in [7, 11) is -4.48. The Kier molecular flexibility index (Phi) is 14.9. The van der Waals surface area contributed by atoms with Gasteiger partial charge in [-0.25, -0.2) is 8.42 Å². The van der Waals surface area contributed by atoms with Crippen molar-refractivity contribution in [3.63, 3.8) is 0 Å². The maximum Gasteiger partial charge on any atom is 0.217 e. The third-order valence-corrected chi connectivity index (χ3v) is 6.37. The number of rotatable bonds is 14. The smallest absolute Gasteiger partial charge is 0.217 e. The second-order valence-corrected chi connectivity index (χ2v) is 9.81. The fourth-order valence-corrected chi connectivity index (χ4v) is 3.91. The number of aryl methyl sites for hydroxylation is 2. The number of hydrogen-bond donors (Lipinski definition) is 0. The molecule has 33 heavy (non-hydrogen) atoms. The SMILES string of the molecule is CCCCCCCCCCCCOS(=O)(=O)[O-].Cc1cc[n+]([C@H](C)c2ccccc2)cc1C. The summed E-state index contributed by atoms with van der Waals surface area (Å²) < 4.78 is 36.7. The molecule has 5 nitrogen and oxygen atoms in total. The Balaban J connectivity index is 0.000000330. The van der Waals surface area contributed by atoms with Crippen molar-refractivity contribution in [2.75, 3.05) is 6.61 Å². The highest BCUT2D eigenvalue weighted by atomic mass is 32.3. The van der Waals surface area contributed by atoms with Crippen molar-refractivity contribution in [3.8, 4) is 0 Å². The van der Waals surface area contributed by atoms with Crippen LogP contribution in [-0.4, -0.2) is 19.6 Å². The van der Waals surface area contributed by atoms with Gasteiger partial charge in [0.2, 0.25) is 10.4 Å². The lowest BCUT2D eigenvalue weighted by molar-refractivity contribution is -0.710. The molecule has 6 heteroatoms. The number of nitrogens with zero attached hydrogens (tertiary/aromatic N) is 1. The van der Waals surface area contributed by atoms with Crippen LogP contribution in [-0.2, 0) is 14.6 Å². The molecule has 0 spiro atoms. The topological polar surface area (TPSA) is 70.3 Å². The van der Waals surface area contributed by atoms with Gasteiger partial charge < -0.3 is 4.55 Å². The van der Waals surface area contributed by atoms with Crippen molar-refractivity contribution in [2.24, 2.45) is 0 Å². The second-order valence-electron chi connectivity index (χ2n) is 8.76. The van der Waals surface area contributed by atoms with Crippen LogP contribution in [0.3, 0.4) is 0 Å². The third kappa shape index (κ3) is 14.2. The van der Waals surface area contributed by atoms with Gasteiger partial charge in [0.1, 0.15) is 0 Å². The molecule has 0 aliphatic carbocycles. The highest BCUT2D eigenvalue weighted by molar-refractivity contribution is 7.80. The van der Waals surface area contributed by atoms with E-state index < -0.39 is 10.4 Å². The van der Waals surface area contributed by atoms with Crippen LogP contribution in [0.1, 0.15) is 101 Å². The molecule has 2 aromatic rings. The summed E-state index contributed by atoms with van der Waals surface area (Å²) in [5.74, 6) is 0. The first-order chi connectivity index (χ1) is 15.7. The van der Waals surface area contributed by atoms with Gasteiger partial charge in [0.15, 0.2) is 18.4 Å². The summed E-state index contributed by atoms with van der Waals surface area (Å²) in [6, 6.07) is 13.1. The van der Waals surface area contributed by atoms with E-state index in [1.807, 2.05) is 0 Å². The average Bonchev–Trinajstić information content (AvgIpc) is 2.79. The molecule has 0 aliphatic heterocycles. The first-order valence-corrected chi connectivity index (χ1v) is 13.7. The van der Waals surface area contributed by atoms with E-state index in [0.29, 0.717) is 12.5 Å². The van der Waals surface area contributed by atoms with Crippen molar-refractivity contribution in [1.29, 1.82) is 0 Å². The maximum atomic E-state index is 10.1. The zero-order valence-corrected chi connectivity index (χ0v) is 21.8. The molecule has 0 amide bonds. The van der Waals surface area contributed by atoms with E-state index in [2.05, 4.69) is 85.2 Å². The number of benzene rings is 1. The lowest BCUT2D eigenvalue weighted by Gasteiger charge is -2.08. The molecule has 1 atom stereocenters. The van der Waals surface area contributed by atoms with Gasteiger partial charge in [-0.1, -0.05) is 95.0 Å². The minimum atomic E-state index is -4.48. The highest BCUT2D eigenvalue weighted by Crippen LogP contribution is 2.12. The predicted octanol–water partition coefficient (Wildman–Crippen LogP) is 6.58. The third-order valence-electron chi connectivity index (χ3n) is 5.92. The normalized spacial score (nSPS) is 12.2. The van der Waals surface area contributed by atoms with Gasteiger partial charge in [-0.05, 0) is 25.8 Å². The van der Waals surface area contributed by atoms with Gasteiger partial charge in [-0.2, -0.15) is 4.57 Å². The summed E-state index contributed by atoms with van der Waals surface area (Å²) in [4.78, 5) is 0. The van der Waals surface area contributed by atoms with E-state index in [9.17, 15) is 13.0 Å². The molecule has 0 unspecified atom stereocenters. The first kappa shape index (κ1) is 29.3. The van der Waals surface area contributed by atoms with Crippen molar-refractivity contribution in [2.45, 2.75) is 97.9 Å². The molecule has 0 saturated heterocycles. The van der Waals surface area contributed by atoms with Crippen LogP contribution in [0.15, 0.2) is 48.8 Å². The quantitative estimate of drug-likeness (QED) is 0.133. The molecular weight excluding hydrogens is 434 g/mol. The van der Waals surface area contributed by atoms with Crippen molar-refractivity contribution < 1.29 is 21.7 Å². The molecule has 1 aromatic carbocycles. The van der Waals surface area contributed by atoms with Crippen LogP contribution in [0.2, 0.25) is 0 Å². The summed E-state index contributed by atoms with van der Waals surface area (Å²) in [5.41, 5.74) is 4.03. The lowest BCUT2D eigenvalue weighted by Crippen LogP contribution is -2.38. The van der Waals surface area contributed by atoms with Crippen LogP contribution in [0.4, 0.5) is 0 Å². The van der Waals surface area contributed by atoms with Gasteiger partial charge >= 0.3 is 0 Å². The molecule has 0 fully saturated rings. The first-order valence-electron chi connectivity index (χ1n) is 12.4. The zero-order chi connectivity index (χ0) is 24.5. The molecule has 1 heterocycles. The lowest BCUT2D eigenvalue weighted by atomic mass is 10.1. The molecule has 0 radical (unpaired) electrons.